The number of para-hydroxylation sites is 1. The van der Waals surface area contributed by atoms with Crippen molar-refractivity contribution in [3.63, 3.8) is 0 Å². The van der Waals surface area contributed by atoms with Gasteiger partial charge in [0.25, 0.3) is 5.69 Å². The number of nitrogens with one attached hydrogen (secondary N) is 1. The molecule has 1 atom stereocenters. The van der Waals surface area contributed by atoms with Gasteiger partial charge in [-0.3, -0.25) is 14.9 Å². The number of carbonyl (C=O) groups excluding carboxylic acids is 1. The molecule has 0 saturated carbocycles. The highest BCUT2D eigenvalue weighted by molar-refractivity contribution is 5.85. The summed E-state index contributed by atoms with van der Waals surface area (Å²) in [6.45, 7) is 5.11. The van der Waals surface area contributed by atoms with Crippen LogP contribution >= 0.6 is 0 Å². The van der Waals surface area contributed by atoms with Crippen molar-refractivity contribution in [2.45, 2.75) is 39.2 Å². The molecule has 6 nitrogen and oxygen atoms in total. The molecule has 1 aliphatic heterocycles. The molecule has 1 saturated heterocycles. The van der Waals surface area contributed by atoms with Crippen molar-refractivity contribution in [2.24, 2.45) is 0 Å². The van der Waals surface area contributed by atoms with E-state index in [9.17, 15) is 14.9 Å². The first-order chi connectivity index (χ1) is 10.0. The van der Waals surface area contributed by atoms with Gasteiger partial charge in [0.1, 0.15) is 11.7 Å². The molecular formula is C15H21N3O3. The Labute approximate surface area is 124 Å². The van der Waals surface area contributed by atoms with Crippen LogP contribution < -0.4 is 5.32 Å². The lowest BCUT2D eigenvalue weighted by Crippen LogP contribution is -2.44. The van der Waals surface area contributed by atoms with Crippen LogP contribution in [0.15, 0.2) is 18.2 Å². The van der Waals surface area contributed by atoms with Crippen molar-refractivity contribution in [1.29, 1.82) is 0 Å². The number of nitrogens with zero attached hydrogens (tertiary/aromatic N) is 2. The van der Waals surface area contributed by atoms with Gasteiger partial charge in [-0.25, -0.2) is 0 Å². The van der Waals surface area contributed by atoms with E-state index in [1.807, 2.05) is 4.90 Å². The number of carbonyl (C=O) groups is 1. The van der Waals surface area contributed by atoms with Crippen molar-refractivity contribution in [3.05, 3.63) is 33.9 Å². The highest BCUT2D eigenvalue weighted by Gasteiger charge is 2.25. The maximum Gasteiger partial charge on any atom is 0.292 e. The summed E-state index contributed by atoms with van der Waals surface area (Å²) in [6, 6.07) is 4.43. The van der Waals surface area contributed by atoms with Gasteiger partial charge in [-0.05, 0) is 38.7 Å². The second-order valence-electron chi connectivity index (χ2n) is 5.48. The van der Waals surface area contributed by atoms with Gasteiger partial charge >= 0.3 is 0 Å². The Balaban J connectivity index is 2.13. The number of anilines is 1. The molecule has 1 heterocycles. The quantitative estimate of drug-likeness (QED) is 0.683. The second kappa shape index (κ2) is 6.56. The van der Waals surface area contributed by atoms with Gasteiger partial charge in [0.05, 0.1) is 4.92 Å². The molecule has 1 N–H and O–H groups in total. The van der Waals surface area contributed by atoms with Crippen LogP contribution in [-0.4, -0.2) is 34.9 Å². The third kappa shape index (κ3) is 3.51. The Morgan fingerprint density at radius 3 is 2.62 bits per heavy atom. The van der Waals surface area contributed by atoms with Gasteiger partial charge in [-0.2, -0.15) is 0 Å². The maximum absolute atomic E-state index is 12.4. The summed E-state index contributed by atoms with van der Waals surface area (Å²) in [7, 11) is 0. The van der Waals surface area contributed by atoms with E-state index in [2.05, 4.69) is 5.32 Å². The summed E-state index contributed by atoms with van der Waals surface area (Å²) < 4.78 is 0. The van der Waals surface area contributed by atoms with Crippen LogP contribution in [0.25, 0.3) is 0 Å². The van der Waals surface area contributed by atoms with E-state index in [1.165, 1.54) is 6.07 Å². The number of hydrogen-bond donors (Lipinski definition) is 1. The molecule has 1 aromatic rings. The van der Waals surface area contributed by atoms with Crippen molar-refractivity contribution in [1.82, 2.24) is 4.90 Å². The predicted molar refractivity (Wildman–Crippen MR) is 81.3 cm³/mol. The molecule has 1 fully saturated rings. The number of piperidine rings is 1. The molecule has 2 rings (SSSR count). The van der Waals surface area contributed by atoms with E-state index in [0.717, 1.165) is 37.9 Å². The highest BCUT2D eigenvalue weighted by Crippen LogP contribution is 2.28. The van der Waals surface area contributed by atoms with Gasteiger partial charge in [0, 0.05) is 19.2 Å². The first kappa shape index (κ1) is 15.3. The second-order valence-corrected chi connectivity index (χ2v) is 5.48. The number of aryl methyl sites for hydroxylation is 1. The third-order valence-corrected chi connectivity index (χ3v) is 3.85. The minimum absolute atomic E-state index is 0.00671. The molecular weight excluding hydrogens is 270 g/mol. The maximum atomic E-state index is 12.4. The molecule has 0 aromatic heterocycles. The lowest BCUT2D eigenvalue weighted by Gasteiger charge is -2.29. The normalized spacial score (nSPS) is 16.4. The van der Waals surface area contributed by atoms with Crippen LogP contribution in [0, 0.1) is 17.0 Å². The van der Waals surface area contributed by atoms with Crippen molar-refractivity contribution >= 4 is 17.3 Å². The molecule has 6 heteroatoms. The van der Waals surface area contributed by atoms with Crippen LogP contribution in [0.2, 0.25) is 0 Å². The van der Waals surface area contributed by atoms with Crippen LogP contribution in [-0.2, 0) is 4.79 Å². The predicted octanol–water partition coefficient (Wildman–Crippen LogP) is 2.72. The molecule has 1 amide bonds. The monoisotopic (exact) mass is 291 g/mol. The van der Waals surface area contributed by atoms with Gasteiger partial charge in [0.2, 0.25) is 5.91 Å². The fourth-order valence-electron chi connectivity index (χ4n) is 2.66. The number of nitro benzene ring substituents is 1. The topological polar surface area (TPSA) is 75.5 Å². The van der Waals surface area contributed by atoms with E-state index < -0.39 is 11.0 Å². The molecule has 0 bridgehead atoms. The lowest BCUT2D eigenvalue weighted by atomic mass is 10.1. The summed E-state index contributed by atoms with van der Waals surface area (Å²) in [5.41, 5.74) is 1.20. The van der Waals surface area contributed by atoms with E-state index >= 15 is 0 Å². The van der Waals surface area contributed by atoms with E-state index in [4.69, 9.17) is 0 Å². The first-order valence-corrected chi connectivity index (χ1v) is 7.30. The summed E-state index contributed by atoms with van der Waals surface area (Å²) >= 11 is 0. The van der Waals surface area contributed by atoms with Crippen LogP contribution in [0.3, 0.4) is 0 Å². The Kier molecular flexibility index (Phi) is 4.77. The van der Waals surface area contributed by atoms with Crippen molar-refractivity contribution in [2.75, 3.05) is 18.4 Å². The standard InChI is InChI=1S/C15H21N3O3/c1-11-7-6-8-13(18(20)21)14(11)16-12(2)15(19)17-9-4-3-5-10-17/h6-8,12,16H,3-5,9-10H2,1-2H3. The average molecular weight is 291 g/mol. The minimum Gasteiger partial charge on any atom is -0.368 e. The summed E-state index contributed by atoms with van der Waals surface area (Å²) in [6.07, 6.45) is 3.22. The number of amides is 1. The summed E-state index contributed by atoms with van der Waals surface area (Å²) in [5, 5.41) is 14.1. The molecule has 0 spiro atoms. The number of benzene rings is 1. The Morgan fingerprint density at radius 1 is 1.33 bits per heavy atom. The number of rotatable bonds is 4. The lowest BCUT2D eigenvalue weighted by molar-refractivity contribution is -0.384. The molecule has 1 aliphatic rings. The van der Waals surface area contributed by atoms with Gasteiger partial charge in [-0.1, -0.05) is 12.1 Å². The fourth-order valence-corrected chi connectivity index (χ4v) is 2.66. The minimum atomic E-state index is -0.470. The van der Waals surface area contributed by atoms with E-state index in [1.54, 1.807) is 26.0 Å². The molecule has 21 heavy (non-hydrogen) atoms. The smallest absolute Gasteiger partial charge is 0.292 e. The Morgan fingerprint density at radius 2 is 2.00 bits per heavy atom. The summed E-state index contributed by atoms with van der Waals surface area (Å²) in [4.78, 5) is 24.9. The molecule has 0 aliphatic carbocycles. The van der Waals surface area contributed by atoms with Crippen molar-refractivity contribution in [3.8, 4) is 0 Å². The molecule has 1 aromatic carbocycles. The summed E-state index contributed by atoms with van der Waals surface area (Å²) in [5.74, 6) is 0.00671. The van der Waals surface area contributed by atoms with Crippen molar-refractivity contribution < 1.29 is 9.72 Å². The van der Waals surface area contributed by atoms with Crippen LogP contribution in [0.1, 0.15) is 31.7 Å². The van der Waals surface area contributed by atoms with E-state index in [0.29, 0.717) is 5.69 Å². The Hall–Kier alpha value is -2.11. The van der Waals surface area contributed by atoms with Gasteiger partial charge in [0.15, 0.2) is 0 Å². The van der Waals surface area contributed by atoms with Crippen LogP contribution in [0.4, 0.5) is 11.4 Å². The fraction of sp³-hybridized carbons (Fsp3) is 0.533. The number of likely N-dealkylation sites (tertiary alicyclic amines) is 1. The molecule has 1 unspecified atom stereocenters. The molecule has 114 valence electrons. The highest BCUT2D eigenvalue weighted by atomic mass is 16.6. The number of hydrogen-bond acceptors (Lipinski definition) is 4. The van der Waals surface area contributed by atoms with Gasteiger partial charge in [-0.15, -0.1) is 0 Å². The zero-order valence-electron chi connectivity index (χ0n) is 12.5. The zero-order chi connectivity index (χ0) is 15.4. The largest absolute Gasteiger partial charge is 0.368 e. The van der Waals surface area contributed by atoms with Crippen LogP contribution in [0.5, 0.6) is 0 Å². The number of nitro groups is 1. The molecule has 0 radical (unpaired) electrons. The SMILES string of the molecule is Cc1cccc([N+](=O)[O-])c1NC(C)C(=O)N1CCCCC1. The van der Waals surface area contributed by atoms with Gasteiger partial charge < -0.3 is 10.2 Å². The third-order valence-electron chi connectivity index (χ3n) is 3.85. The first-order valence-electron chi connectivity index (χ1n) is 7.30. The van der Waals surface area contributed by atoms with E-state index in [-0.39, 0.29) is 11.6 Å². The zero-order valence-corrected chi connectivity index (χ0v) is 12.5. The Bertz CT molecular complexity index is 539. The average Bonchev–Trinajstić information content (AvgIpc) is 2.49.